The Hall–Kier alpha value is -2.26. The first-order valence-corrected chi connectivity index (χ1v) is 6.13. The average molecular weight is 278 g/mol. The number of hydrogen-bond donors (Lipinski definition) is 3. The van der Waals surface area contributed by atoms with Gasteiger partial charge in [-0.3, -0.25) is 4.68 Å². The van der Waals surface area contributed by atoms with Gasteiger partial charge in [0.2, 0.25) is 0 Å². The summed E-state index contributed by atoms with van der Waals surface area (Å²) in [5.74, 6) is 7.92. The van der Waals surface area contributed by atoms with E-state index in [0.717, 1.165) is 5.82 Å². The second-order valence-corrected chi connectivity index (χ2v) is 4.14. The van der Waals surface area contributed by atoms with Crippen LogP contribution in [-0.4, -0.2) is 38.4 Å². The van der Waals surface area contributed by atoms with E-state index >= 15 is 0 Å². The van der Waals surface area contributed by atoms with Gasteiger partial charge in [0.1, 0.15) is 24.6 Å². The summed E-state index contributed by atoms with van der Waals surface area (Å²) in [6.45, 7) is 0.990. The van der Waals surface area contributed by atoms with E-state index in [-0.39, 0.29) is 0 Å². The molecule has 2 aromatic rings. The molecular weight excluding hydrogens is 260 g/mol. The molecule has 2 rings (SSSR count). The Morgan fingerprint density at radius 2 is 2.10 bits per heavy atom. The molecule has 2 heterocycles. The van der Waals surface area contributed by atoms with Gasteiger partial charge in [0, 0.05) is 33.2 Å². The van der Waals surface area contributed by atoms with Crippen molar-refractivity contribution < 1.29 is 4.74 Å². The van der Waals surface area contributed by atoms with Crippen LogP contribution in [0.15, 0.2) is 12.4 Å². The van der Waals surface area contributed by atoms with Gasteiger partial charge in [-0.15, -0.1) is 0 Å². The minimum absolute atomic E-state index is 0.325. The summed E-state index contributed by atoms with van der Waals surface area (Å²) in [5.41, 5.74) is 2.50. The Morgan fingerprint density at radius 3 is 2.75 bits per heavy atom. The quantitative estimate of drug-likeness (QED) is 0.466. The van der Waals surface area contributed by atoms with E-state index < -0.39 is 0 Å². The lowest BCUT2D eigenvalue weighted by Gasteiger charge is -2.08. The predicted octanol–water partition coefficient (Wildman–Crippen LogP) is -0.308. The third-order valence-corrected chi connectivity index (χ3v) is 2.50. The highest BCUT2D eigenvalue weighted by Crippen LogP contribution is 2.11. The molecule has 0 aliphatic carbocycles. The van der Waals surface area contributed by atoms with Crippen molar-refractivity contribution in [1.29, 1.82) is 0 Å². The van der Waals surface area contributed by atoms with Crippen molar-refractivity contribution in [2.24, 2.45) is 12.9 Å². The molecule has 0 amide bonds. The number of hydrogen-bond acceptors (Lipinski definition) is 8. The van der Waals surface area contributed by atoms with Crippen molar-refractivity contribution in [2.45, 2.75) is 13.0 Å². The molecule has 0 unspecified atom stereocenters. The Labute approximate surface area is 116 Å². The third kappa shape index (κ3) is 3.87. The molecular formula is C11H18N8O. The molecule has 0 atom stereocenters. The lowest BCUT2D eigenvalue weighted by atomic mass is 10.4. The van der Waals surface area contributed by atoms with Crippen LogP contribution in [0.4, 0.5) is 11.6 Å². The zero-order valence-corrected chi connectivity index (χ0v) is 11.5. The maximum absolute atomic E-state index is 5.37. The van der Waals surface area contributed by atoms with Gasteiger partial charge >= 0.3 is 0 Å². The van der Waals surface area contributed by atoms with Crippen molar-refractivity contribution in [3.8, 4) is 0 Å². The maximum Gasteiger partial charge on any atom is 0.158 e. The van der Waals surface area contributed by atoms with Crippen LogP contribution in [0.25, 0.3) is 0 Å². The zero-order chi connectivity index (χ0) is 14.4. The number of hydrazine groups is 1. The fourth-order valence-electron chi connectivity index (χ4n) is 1.66. The van der Waals surface area contributed by atoms with E-state index in [2.05, 4.69) is 30.8 Å². The highest BCUT2D eigenvalue weighted by Gasteiger charge is 2.04. The molecule has 0 radical (unpaired) electrons. The molecule has 0 fully saturated rings. The predicted molar refractivity (Wildman–Crippen MR) is 73.8 cm³/mol. The highest BCUT2D eigenvalue weighted by molar-refractivity contribution is 5.46. The van der Waals surface area contributed by atoms with E-state index in [4.69, 9.17) is 10.6 Å². The molecule has 108 valence electrons. The van der Waals surface area contributed by atoms with Crippen LogP contribution in [0.2, 0.25) is 0 Å². The van der Waals surface area contributed by atoms with E-state index in [1.807, 2.05) is 7.05 Å². The van der Waals surface area contributed by atoms with Crippen LogP contribution in [0.3, 0.4) is 0 Å². The van der Waals surface area contributed by atoms with Crippen LogP contribution in [0.1, 0.15) is 11.6 Å². The van der Waals surface area contributed by atoms with Crippen LogP contribution in [0.5, 0.6) is 0 Å². The molecule has 0 aliphatic heterocycles. The first-order chi connectivity index (χ1) is 9.71. The standard InChI is InChI=1S/C11H18N8O/c1-19-7-14-8(18-19)3-4-13-9-5-10(17-12)16-11(15-9)6-20-2/h5,7H,3-4,6,12H2,1-2H3,(H2,13,15,16,17). The number of anilines is 2. The largest absolute Gasteiger partial charge is 0.377 e. The summed E-state index contributed by atoms with van der Waals surface area (Å²) in [6.07, 6.45) is 2.38. The molecule has 0 aromatic carbocycles. The minimum atomic E-state index is 0.325. The Kier molecular flexibility index (Phi) is 4.80. The zero-order valence-electron chi connectivity index (χ0n) is 11.5. The van der Waals surface area contributed by atoms with Crippen molar-refractivity contribution in [3.63, 3.8) is 0 Å². The summed E-state index contributed by atoms with van der Waals surface area (Å²) in [5, 5.41) is 7.39. The number of aryl methyl sites for hydroxylation is 1. The SMILES string of the molecule is COCc1nc(NN)cc(NCCc2ncn(C)n2)n1. The van der Waals surface area contributed by atoms with Gasteiger partial charge in [0.15, 0.2) is 11.6 Å². The fraction of sp³-hybridized carbons (Fsp3) is 0.455. The number of nitrogens with one attached hydrogen (secondary N) is 2. The molecule has 20 heavy (non-hydrogen) atoms. The van der Waals surface area contributed by atoms with Gasteiger partial charge in [-0.2, -0.15) is 5.10 Å². The fourth-order valence-corrected chi connectivity index (χ4v) is 1.66. The maximum atomic E-state index is 5.37. The smallest absolute Gasteiger partial charge is 0.158 e. The summed E-state index contributed by atoms with van der Waals surface area (Å²) >= 11 is 0. The first kappa shape index (κ1) is 14.2. The van der Waals surface area contributed by atoms with Gasteiger partial charge in [0.05, 0.1) is 0 Å². The number of methoxy groups -OCH3 is 1. The van der Waals surface area contributed by atoms with Crippen molar-refractivity contribution in [2.75, 3.05) is 24.4 Å². The summed E-state index contributed by atoms with van der Waals surface area (Å²) in [6, 6.07) is 1.73. The lowest BCUT2D eigenvalue weighted by molar-refractivity contribution is 0.178. The normalized spacial score (nSPS) is 10.6. The van der Waals surface area contributed by atoms with E-state index in [0.29, 0.717) is 37.0 Å². The summed E-state index contributed by atoms with van der Waals surface area (Å²) in [4.78, 5) is 12.6. The Morgan fingerprint density at radius 1 is 1.30 bits per heavy atom. The molecule has 0 saturated heterocycles. The van der Waals surface area contributed by atoms with Gasteiger partial charge in [0.25, 0.3) is 0 Å². The Bertz CT molecular complexity index is 555. The average Bonchev–Trinajstić information content (AvgIpc) is 2.84. The van der Waals surface area contributed by atoms with Crippen LogP contribution < -0.4 is 16.6 Å². The molecule has 0 bridgehead atoms. The number of rotatable bonds is 7. The number of aromatic nitrogens is 5. The van der Waals surface area contributed by atoms with E-state index in [1.165, 1.54) is 0 Å². The lowest BCUT2D eigenvalue weighted by Crippen LogP contribution is -2.14. The van der Waals surface area contributed by atoms with Crippen LogP contribution in [0, 0.1) is 0 Å². The van der Waals surface area contributed by atoms with E-state index in [9.17, 15) is 0 Å². The van der Waals surface area contributed by atoms with Gasteiger partial charge < -0.3 is 15.5 Å². The second kappa shape index (κ2) is 6.78. The monoisotopic (exact) mass is 278 g/mol. The molecule has 0 spiro atoms. The van der Waals surface area contributed by atoms with Gasteiger partial charge in [-0.1, -0.05) is 0 Å². The topological polar surface area (TPSA) is 116 Å². The summed E-state index contributed by atoms with van der Waals surface area (Å²) < 4.78 is 6.69. The van der Waals surface area contributed by atoms with E-state index in [1.54, 1.807) is 24.2 Å². The van der Waals surface area contributed by atoms with Crippen molar-refractivity contribution in [3.05, 3.63) is 24.0 Å². The molecule has 4 N–H and O–H groups in total. The van der Waals surface area contributed by atoms with Crippen molar-refractivity contribution >= 4 is 11.6 Å². The third-order valence-electron chi connectivity index (χ3n) is 2.50. The van der Waals surface area contributed by atoms with Crippen molar-refractivity contribution in [1.82, 2.24) is 24.7 Å². The van der Waals surface area contributed by atoms with Crippen LogP contribution >= 0.6 is 0 Å². The molecule has 0 saturated carbocycles. The number of nitrogens with two attached hydrogens (primary N) is 1. The number of nitrogen functional groups attached to an aromatic ring is 1. The molecule has 2 aromatic heterocycles. The second-order valence-electron chi connectivity index (χ2n) is 4.14. The number of nitrogens with zero attached hydrogens (tertiary/aromatic N) is 5. The molecule has 9 heteroatoms. The van der Waals surface area contributed by atoms with Gasteiger partial charge in [-0.25, -0.2) is 20.8 Å². The molecule has 9 nitrogen and oxygen atoms in total. The summed E-state index contributed by atoms with van der Waals surface area (Å²) in [7, 11) is 3.43. The minimum Gasteiger partial charge on any atom is -0.377 e. The Balaban J connectivity index is 1.95. The first-order valence-electron chi connectivity index (χ1n) is 6.13. The van der Waals surface area contributed by atoms with Gasteiger partial charge in [-0.05, 0) is 0 Å². The highest BCUT2D eigenvalue weighted by atomic mass is 16.5. The molecule has 0 aliphatic rings. The number of ether oxygens (including phenoxy) is 1. The van der Waals surface area contributed by atoms with Crippen LogP contribution in [-0.2, 0) is 24.8 Å².